The third-order valence-electron chi connectivity index (χ3n) is 2.93. The lowest BCUT2D eigenvalue weighted by molar-refractivity contribution is -0.127. The van der Waals surface area contributed by atoms with E-state index in [1.807, 2.05) is 18.2 Å². The van der Waals surface area contributed by atoms with Crippen molar-refractivity contribution in [2.75, 3.05) is 13.1 Å². The van der Waals surface area contributed by atoms with Gasteiger partial charge in [0.25, 0.3) is 0 Å². The van der Waals surface area contributed by atoms with Crippen LogP contribution in [0.1, 0.15) is 22.6 Å². The summed E-state index contributed by atoms with van der Waals surface area (Å²) in [6.45, 7) is 3.37. The molecule has 17 heavy (non-hydrogen) atoms. The molecular formula is C13H17NO2S. The van der Waals surface area contributed by atoms with Crippen LogP contribution in [0.2, 0.25) is 0 Å². The SMILES string of the molecule is Cc1ccc(/C=C/C(=O)N2CCC(O)CC2)s1. The average Bonchev–Trinajstić information content (AvgIpc) is 2.73. The highest BCUT2D eigenvalue weighted by atomic mass is 32.1. The van der Waals surface area contributed by atoms with Crippen LogP contribution in [-0.2, 0) is 4.79 Å². The Morgan fingerprint density at radius 2 is 2.18 bits per heavy atom. The minimum absolute atomic E-state index is 0.0444. The van der Waals surface area contributed by atoms with Crippen LogP contribution in [-0.4, -0.2) is 35.1 Å². The van der Waals surface area contributed by atoms with E-state index in [0.29, 0.717) is 25.9 Å². The van der Waals surface area contributed by atoms with E-state index < -0.39 is 0 Å². The van der Waals surface area contributed by atoms with Crippen molar-refractivity contribution in [3.8, 4) is 0 Å². The molecule has 3 nitrogen and oxygen atoms in total. The zero-order valence-corrected chi connectivity index (χ0v) is 10.7. The third kappa shape index (κ3) is 3.41. The van der Waals surface area contributed by atoms with Crippen molar-refractivity contribution < 1.29 is 9.90 Å². The predicted octanol–water partition coefficient (Wildman–Crippen LogP) is 2.05. The molecule has 4 heteroatoms. The summed E-state index contributed by atoms with van der Waals surface area (Å²) in [5.74, 6) is 0.0444. The van der Waals surface area contributed by atoms with Crippen molar-refractivity contribution in [3.63, 3.8) is 0 Å². The molecule has 1 saturated heterocycles. The van der Waals surface area contributed by atoms with E-state index in [4.69, 9.17) is 0 Å². The van der Waals surface area contributed by atoms with Gasteiger partial charge in [-0.1, -0.05) is 0 Å². The molecule has 92 valence electrons. The van der Waals surface area contributed by atoms with Crippen LogP contribution in [0, 0.1) is 6.92 Å². The van der Waals surface area contributed by atoms with Crippen LogP contribution < -0.4 is 0 Å². The lowest BCUT2D eigenvalue weighted by Gasteiger charge is -2.28. The van der Waals surface area contributed by atoms with Gasteiger partial charge < -0.3 is 10.0 Å². The first-order valence-electron chi connectivity index (χ1n) is 5.86. The molecule has 0 spiro atoms. The summed E-state index contributed by atoms with van der Waals surface area (Å²) < 4.78 is 0. The summed E-state index contributed by atoms with van der Waals surface area (Å²) in [6, 6.07) is 4.07. The highest BCUT2D eigenvalue weighted by molar-refractivity contribution is 7.12. The normalized spacial score (nSPS) is 17.9. The number of rotatable bonds is 2. The van der Waals surface area contributed by atoms with E-state index in [-0.39, 0.29) is 12.0 Å². The quantitative estimate of drug-likeness (QED) is 0.817. The van der Waals surface area contributed by atoms with Crippen LogP contribution in [0.3, 0.4) is 0 Å². The molecule has 1 aromatic rings. The predicted molar refractivity (Wildman–Crippen MR) is 69.9 cm³/mol. The molecule has 0 aromatic carbocycles. The molecule has 1 N–H and O–H groups in total. The average molecular weight is 251 g/mol. The maximum atomic E-state index is 11.8. The van der Waals surface area contributed by atoms with E-state index in [0.717, 1.165) is 4.88 Å². The molecule has 1 aromatic heterocycles. The summed E-state index contributed by atoms with van der Waals surface area (Å²) in [7, 11) is 0. The number of aryl methyl sites for hydroxylation is 1. The number of thiophene rings is 1. The topological polar surface area (TPSA) is 40.5 Å². The lowest BCUT2D eigenvalue weighted by atomic mass is 10.1. The van der Waals surface area contributed by atoms with E-state index in [2.05, 4.69) is 6.92 Å². The first-order valence-corrected chi connectivity index (χ1v) is 6.68. The first kappa shape index (κ1) is 12.3. The number of hydrogen-bond donors (Lipinski definition) is 1. The summed E-state index contributed by atoms with van der Waals surface area (Å²) >= 11 is 1.68. The Balaban J connectivity index is 1.90. The molecular weight excluding hydrogens is 234 g/mol. The maximum Gasteiger partial charge on any atom is 0.246 e. The number of piperidine rings is 1. The molecule has 1 aliphatic heterocycles. The molecule has 1 amide bonds. The van der Waals surface area contributed by atoms with Gasteiger partial charge in [-0.25, -0.2) is 0 Å². The fraction of sp³-hybridized carbons (Fsp3) is 0.462. The molecule has 0 radical (unpaired) electrons. The molecule has 0 saturated carbocycles. The largest absolute Gasteiger partial charge is 0.393 e. The van der Waals surface area contributed by atoms with Crippen molar-refractivity contribution in [1.82, 2.24) is 4.90 Å². The molecule has 0 unspecified atom stereocenters. The molecule has 1 fully saturated rings. The minimum Gasteiger partial charge on any atom is -0.393 e. The van der Waals surface area contributed by atoms with Crippen molar-refractivity contribution >= 4 is 23.3 Å². The number of amides is 1. The number of carbonyl (C=O) groups is 1. The first-order chi connectivity index (χ1) is 8.15. The molecule has 0 bridgehead atoms. The van der Waals surface area contributed by atoms with Gasteiger partial charge >= 0.3 is 0 Å². The van der Waals surface area contributed by atoms with Crippen LogP contribution in [0.4, 0.5) is 0 Å². The second kappa shape index (κ2) is 5.47. The summed E-state index contributed by atoms with van der Waals surface area (Å²) in [5, 5.41) is 9.37. The zero-order valence-electron chi connectivity index (χ0n) is 9.93. The van der Waals surface area contributed by atoms with Gasteiger partial charge in [0.05, 0.1) is 6.10 Å². The fourth-order valence-electron chi connectivity index (χ4n) is 1.89. The number of aliphatic hydroxyl groups excluding tert-OH is 1. The summed E-state index contributed by atoms with van der Waals surface area (Å²) in [5.41, 5.74) is 0. The van der Waals surface area contributed by atoms with Gasteiger partial charge in [-0.3, -0.25) is 4.79 Å². The second-order valence-electron chi connectivity index (χ2n) is 4.34. The van der Waals surface area contributed by atoms with E-state index in [9.17, 15) is 9.90 Å². The van der Waals surface area contributed by atoms with Crippen LogP contribution in [0.5, 0.6) is 0 Å². The minimum atomic E-state index is -0.233. The third-order valence-corrected chi connectivity index (χ3v) is 3.89. The van der Waals surface area contributed by atoms with Gasteiger partial charge in [-0.2, -0.15) is 0 Å². The van der Waals surface area contributed by atoms with Gasteiger partial charge in [0.1, 0.15) is 0 Å². The number of nitrogens with zero attached hydrogens (tertiary/aromatic N) is 1. The van der Waals surface area contributed by atoms with Crippen molar-refractivity contribution in [2.45, 2.75) is 25.9 Å². The van der Waals surface area contributed by atoms with Gasteiger partial charge in [0, 0.05) is 28.9 Å². The molecule has 2 rings (SSSR count). The van der Waals surface area contributed by atoms with Crippen LogP contribution >= 0.6 is 11.3 Å². The lowest BCUT2D eigenvalue weighted by Crippen LogP contribution is -2.39. The van der Waals surface area contributed by atoms with E-state index in [1.165, 1.54) is 4.88 Å². The van der Waals surface area contributed by atoms with Crippen molar-refractivity contribution in [2.24, 2.45) is 0 Å². The molecule has 0 atom stereocenters. The summed E-state index contributed by atoms with van der Waals surface area (Å²) in [6.07, 6.45) is 4.65. The Morgan fingerprint density at radius 3 is 2.76 bits per heavy atom. The van der Waals surface area contributed by atoms with Gasteiger partial charge in [-0.15, -0.1) is 11.3 Å². The van der Waals surface area contributed by atoms with Gasteiger partial charge in [0.2, 0.25) is 5.91 Å². The molecule has 0 aliphatic carbocycles. The van der Waals surface area contributed by atoms with Crippen LogP contribution in [0.25, 0.3) is 6.08 Å². The van der Waals surface area contributed by atoms with Crippen molar-refractivity contribution in [3.05, 3.63) is 28.0 Å². The van der Waals surface area contributed by atoms with Gasteiger partial charge in [0.15, 0.2) is 0 Å². The van der Waals surface area contributed by atoms with Crippen LogP contribution in [0.15, 0.2) is 18.2 Å². The number of carbonyl (C=O) groups excluding carboxylic acids is 1. The highest BCUT2D eigenvalue weighted by Crippen LogP contribution is 2.17. The van der Waals surface area contributed by atoms with Crippen molar-refractivity contribution in [1.29, 1.82) is 0 Å². The second-order valence-corrected chi connectivity index (χ2v) is 5.66. The monoisotopic (exact) mass is 251 g/mol. The fourth-order valence-corrected chi connectivity index (χ4v) is 2.67. The van der Waals surface area contributed by atoms with E-state index >= 15 is 0 Å². The maximum absolute atomic E-state index is 11.8. The number of hydrogen-bond acceptors (Lipinski definition) is 3. The van der Waals surface area contributed by atoms with Gasteiger partial charge in [-0.05, 0) is 38.0 Å². The summed E-state index contributed by atoms with van der Waals surface area (Å²) in [4.78, 5) is 16.0. The standard InChI is InChI=1S/C13H17NO2S/c1-10-2-3-12(17-10)4-5-13(16)14-8-6-11(15)7-9-14/h2-5,11,15H,6-9H2,1H3/b5-4+. The zero-order chi connectivity index (χ0) is 12.3. The smallest absolute Gasteiger partial charge is 0.246 e. The Hall–Kier alpha value is -1.13. The Bertz CT molecular complexity index is 417. The molecule has 2 heterocycles. The molecule has 1 aliphatic rings. The number of aliphatic hydroxyl groups is 1. The Morgan fingerprint density at radius 1 is 1.47 bits per heavy atom. The number of likely N-dealkylation sites (tertiary alicyclic amines) is 1. The Kier molecular flexibility index (Phi) is 3.97. The van der Waals surface area contributed by atoms with E-state index in [1.54, 1.807) is 22.3 Å². The Labute approximate surface area is 105 Å². The highest BCUT2D eigenvalue weighted by Gasteiger charge is 2.19.